The zero-order chi connectivity index (χ0) is 17.2. The predicted octanol–water partition coefficient (Wildman–Crippen LogP) is 3.00. The molecule has 0 spiro atoms. The van der Waals surface area contributed by atoms with Gasteiger partial charge in [-0.2, -0.15) is 0 Å². The van der Waals surface area contributed by atoms with Gasteiger partial charge < -0.3 is 9.47 Å². The van der Waals surface area contributed by atoms with Gasteiger partial charge in [0.05, 0.1) is 23.2 Å². The summed E-state index contributed by atoms with van der Waals surface area (Å²) < 4.78 is 12.8. The third-order valence-electron chi connectivity index (χ3n) is 4.61. The summed E-state index contributed by atoms with van der Waals surface area (Å²) in [5.74, 6) is 0.630. The standard InChI is InChI=1S/C19H19N3O3/c1-13(15-8-9-24-11-15)25-19(23)14-6-7-18(20-10-14)22-12-21-16-4-2-3-5-17(16)22/h2-7,10,12-13,15H,8-9,11H2,1H3/t13-,15+/m1/s1. The average Bonchev–Trinajstić information content (AvgIpc) is 3.32. The number of pyridine rings is 1. The number of aromatic nitrogens is 3. The van der Waals surface area contributed by atoms with Gasteiger partial charge in [0.15, 0.2) is 0 Å². The molecular weight excluding hydrogens is 318 g/mol. The van der Waals surface area contributed by atoms with Gasteiger partial charge >= 0.3 is 5.97 Å². The van der Waals surface area contributed by atoms with Crippen LogP contribution in [0.1, 0.15) is 23.7 Å². The molecule has 0 radical (unpaired) electrons. The maximum Gasteiger partial charge on any atom is 0.339 e. The summed E-state index contributed by atoms with van der Waals surface area (Å²) in [6.07, 6.45) is 4.05. The van der Waals surface area contributed by atoms with Gasteiger partial charge in [-0.3, -0.25) is 4.57 Å². The molecule has 0 N–H and O–H groups in total. The molecule has 25 heavy (non-hydrogen) atoms. The van der Waals surface area contributed by atoms with Crippen LogP contribution < -0.4 is 0 Å². The average molecular weight is 337 g/mol. The Kier molecular flexibility index (Phi) is 4.19. The van der Waals surface area contributed by atoms with E-state index >= 15 is 0 Å². The normalized spacial score (nSPS) is 18.4. The zero-order valence-electron chi connectivity index (χ0n) is 14.0. The van der Waals surface area contributed by atoms with Crippen LogP contribution in [0.2, 0.25) is 0 Å². The number of nitrogens with zero attached hydrogens (tertiary/aromatic N) is 3. The minimum atomic E-state index is -0.353. The Balaban J connectivity index is 1.50. The second-order valence-electron chi connectivity index (χ2n) is 6.24. The van der Waals surface area contributed by atoms with Crippen molar-refractivity contribution in [3.8, 4) is 5.82 Å². The largest absolute Gasteiger partial charge is 0.459 e. The number of fused-ring (bicyclic) bond motifs is 1. The first kappa shape index (κ1) is 15.8. The van der Waals surface area contributed by atoms with Crippen molar-refractivity contribution in [2.45, 2.75) is 19.4 Å². The SMILES string of the molecule is C[C@@H](OC(=O)c1ccc(-n2cnc3ccccc32)nc1)[C@H]1CCOC1. The number of carbonyl (C=O) groups excluding carboxylic acids is 1. The molecule has 1 aliphatic rings. The summed E-state index contributed by atoms with van der Waals surface area (Å²) in [6.45, 7) is 3.30. The van der Waals surface area contributed by atoms with Gasteiger partial charge in [-0.05, 0) is 37.6 Å². The van der Waals surface area contributed by atoms with Crippen molar-refractivity contribution in [1.82, 2.24) is 14.5 Å². The lowest BCUT2D eigenvalue weighted by Gasteiger charge is -2.18. The lowest BCUT2D eigenvalue weighted by atomic mass is 10.0. The second kappa shape index (κ2) is 6.64. The Labute approximate surface area is 145 Å². The molecule has 128 valence electrons. The molecule has 0 saturated carbocycles. The van der Waals surface area contributed by atoms with E-state index < -0.39 is 0 Å². The molecule has 6 nitrogen and oxygen atoms in total. The van der Waals surface area contributed by atoms with Crippen LogP contribution in [-0.4, -0.2) is 39.8 Å². The molecule has 2 atom stereocenters. The number of hydrogen-bond donors (Lipinski definition) is 0. The molecule has 3 heterocycles. The molecule has 1 fully saturated rings. The van der Waals surface area contributed by atoms with E-state index in [0.717, 1.165) is 24.1 Å². The predicted molar refractivity (Wildman–Crippen MR) is 92.7 cm³/mol. The molecule has 6 heteroatoms. The van der Waals surface area contributed by atoms with Gasteiger partial charge in [-0.25, -0.2) is 14.8 Å². The van der Waals surface area contributed by atoms with Gasteiger partial charge in [0.25, 0.3) is 0 Å². The maximum atomic E-state index is 12.3. The number of hydrogen-bond acceptors (Lipinski definition) is 5. The number of carbonyl (C=O) groups is 1. The van der Waals surface area contributed by atoms with Crippen molar-refractivity contribution in [1.29, 1.82) is 0 Å². The molecule has 4 rings (SSSR count). The first-order valence-corrected chi connectivity index (χ1v) is 8.39. The van der Waals surface area contributed by atoms with Gasteiger partial charge in [0.2, 0.25) is 0 Å². The van der Waals surface area contributed by atoms with Crippen molar-refractivity contribution in [3.63, 3.8) is 0 Å². The number of para-hydroxylation sites is 2. The molecule has 1 aliphatic heterocycles. The molecule has 1 saturated heterocycles. The number of imidazole rings is 1. The number of rotatable bonds is 4. The van der Waals surface area contributed by atoms with Gasteiger partial charge in [-0.1, -0.05) is 12.1 Å². The smallest absolute Gasteiger partial charge is 0.339 e. The van der Waals surface area contributed by atoms with E-state index in [1.807, 2.05) is 35.8 Å². The Morgan fingerprint density at radius 3 is 2.92 bits per heavy atom. The molecule has 0 unspecified atom stereocenters. The van der Waals surface area contributed by atoms with Crippen LogP contribution in [0.3, 0.4) is 0 Å². The third-order valence-corrected chi connectivity index (χ3v) is 4.61. The molecule has 0 aliphatic carbocycles. The fourth-order valence-electron chi connectivity index (χ4n) is 3.05. The van der Waals surface area contributed by atoms with E-state index in [2.05, 4.69) is 9.97 Å². The molecule has 2 aromatic heterocycles. The monoisotopic (exact) mass is 337 g/mol. The maximum absolute atomic E-state index is 12.3. The highest BCUT2D eigenvalue weighted by Crippen LogP contribution is 2.20. The van der Waals surface area contributed by atoms with Crippen molar-refractivity contribution in [2.24, 2.45) is 5.92 Å². The van der Waals surface area contributed by atoms with Crippen molar-refractivity contribution in [2.75, 3.05) is 13.2 Å². The molecule has 3 aromatic rings. The number of benzene rings is 1. The minimum absolute atomic E-state index is 0.160. The van der Waals surface area contributed by atoms with Crippen LogP contribution in [0.15, 0.2) is 48.9 Å². The van der Waals surface area contributed by atoms with Crippen LogP contribution in [0.4, 0.5) is 0 Å². The quantitative estimate of drug-likeness (QED) is 0.685. The Bertz CT molecular complexity index is 882. The van der Waals surface area contributed by atoms with Crippen molar-refractivity contribution < 1.29 is 14.3 Å². The highest BCUT2D eigenvalue weighted by Gasteiger charge is 2.25. The van der Waals surface area contributed by atoms with E-state index in [0.29, 0.717) is 18.0 Å². The second-order valence-corrected chi connectivity index (χ2v) is 6.24. The summed E-state index contributed by atoms with van der Waals surface area (Å²) in [7, 11) is 0. The van der Waals surface area contributed by atoms with E-state index in [-0.39, 0.29) is 18.0 Å². The van der Waals surface area contributed by atoms with Crippen LogP contribution in [0.25, 0.3) is 16.9 Å². The number of ether oxygens (including phenoxy) is 2. The molecule has 0 bridgehead atoms. The van der Waals surface area contributed by atoms with E-state index in [1.165, 1.54) is 0 Å². The fraction of sp³-hybridized carbons (Fsp3) is 0.316. The van der Waals surface area contributed by atoms with Crippen LogP contribution in [0, 0.1) is 5.92 Å². The molecule has 0 amide bonds. The molecular formula is C19H19N3O3. The lowest BCUT2D eigenvalue weighted by Crippen LogP contribution is -2.24. The third kappa shape index (κ3) is 3.13. The first-order chi connectivity index (χ1) is 12.2. The van der Waals surface area contributed by atoms with Crippen LogP contribution in [0.5, 0.6) is 0 Å². The summed E-state index contributed by atoms with van der Waals surface area (Å²) in [5, 5.41) is 0. The highest BCUT2D eigenvalue weighted by atomic mass is 16.5. The minimum Gasteiger partial charge on any atom is -0.459 e. The fourth-order valence-corrected chi connectivity index (χ4v) is 3.05. The lowest BCUT2D eigenvalue weighted by molar-refractivity contribution is 0.0179. The van der Waals surface area contributed by atoms with E-state index in [9.17, 15) is 4.79 Å². The van der Waals surface area contributed by atoms with Crippen molar-refractivity contribution >= 4 is 17.0 Å². The zero-order valence-corrected chi connectivity index (χ0v) is 14.0. The first-order valence-electron chi connectivity index (χ1n) is 8.39. The summed E-state index contributed by atoms with van der Waals surface area (Å²) in [5.41, 5.74) is 2.32. The van der Waals surface area contributed by atoms with Gasteiger partial charge in [-0.15, -0.1) is 0 Å². The summed E-state index contributed by atoms with van der Waals surface area (Å²) >= 11 is 0. The molecule has 1 aromatic carbocycles. The van der Waals surface area contributed by atoms with E-state index in [1.54, 1.807) is 24.7 Å². The van der Waals surface area contributed by atoms with Crippen LogP contribution >= 0.6 is 0 Å². The number of esters is 1. The van der Waals surface area contributed by atoms with E-state index in [4.69, 9.17) is 9.47 Å². The topological polar surface area (TPSA) is 66.2 Å². The van der Waals surface area contributed by atoms with Gasteiger partial charge in [0.1, 0.15) is 18.2 Å². The Morgan fingerprint density at radius 1 is 1.28 bits per heavy atom. The van der Waals surface area contributed by atoms with Crippen LogP contribution in [-0.2, 0) is 9.47 Å². The Morgan fingerprint density at radius 2 is 2.16 bits per heavy atom. The summed E-state index contributed by atoms with van der Waals surface area (Å²) in [6, 6.07) is 11.4. The Hall–Kier alpha value is -2.73. The highest BCUT2D eigenvalue weighted by molar-refractivity contribution is 5.89. The summed E-state index contributed by atoms with van der Waals surface area (Å²) in [4.78, 5) is 21.0. The van der Waals surface area contributed by atoms with Gasteiger partial charge in [0, 0.05) is 18.7 Å². The van der Waals surface area contributed by atoms with Crippen molar-refractivity contribution in [3.05, 3.63) is 54.5 Å².